The molecule has 1 N–H and O–H groups in total. The summed E-state index contributed by atoms with van der Waals surface area (Å²) < 4.78 is 0. The van der Waals surface area contributed by atoms with E-state index in [1.165, 1.54) is 0 Å². The van der Waals surface area contributed by atoms with E-state index in [1.54, 1.807) is 7.11 Å². The smallest absolute Gasteiger partial charge is 0.320 e. The third-order valence-electron chi connectivity index (χ3n) is 3.33. The van der Waals surface area contributed by atoms with Gasteiger partial charge in [-0.15, -0.1) is 0 Å². The Bertz CT molecular complexity index is 431. The summed E-state index contributed by atoms with van der Waals surface area (Å²) in [5.41, 5.74) is 4.87. The largest absolute Gasteiger partial charge is 0.324 e. The Hall–Kier alpha value is -1.59. The van der Waals surface area contributed by atoms with Crippen molar-refractivity contribution in [2.24, 2.45) is 0 Å². The fourth-order valence-electron chi connectivity index (χ4n) is 2.22. The molecule has 0 unspecified atom stereocenters. The number of hydrogen-bond acceptors (Lipinski definition) is 3. The third-order valence-corrected chi connectivity index (χ3v) is 3.33. The summed E-state index contributed by atoms with van der Waals surface area (Å²) >= 11 is 0. The predicted octanol–water partition coefficient (Wildman–Crippen LogP) is 1.99. The second-order valence-corrected chi connectivity index (χ2v) is 4.91. The molecule has 1 fully saturated rings. The van der Waals surface area contributed by atoms with Crippen molar-refractivity contribution in [3.8, 4) is 0 Å². The maximum atomic E-state index is 12.2. The van der Waals surface area contributed by atoms with Gasteiger partial charge in [-0.3, -0.25) is 4.90 Å². The van der Waals surface area contributed by atoms with Crippen LogP contribution in [0.3, 0.4) is 0 Å². The first-order chi connectivity index (χ1) is 9.13. The summed E-state index contributed by atoms with van der Waals surface area (Å²) in [6, 6.07) is 8.32. The number of hydrogen-bond donors (Lipinski definition) is 1. The van der Waals surface area contributed by atoms with Gasteiger partial charge in [0.25, 0.3) is 0 Å². The molecule has 1 aromatic carbocycles. The Kier molecular flexibility index (Phi) is 4.39. The highest BCUT2D eigenvalue weighted by molar-refractivity contribution is 5.94. The molecule has 2 rings (SSSR count). The molecular formula is C14H21N3O2. The Morgan fingerprint density at radius 3 is 2.47 bits per heavy atom. The molecule has 19 heavy (non-hydrogen) atoms. The summed E-state index contributed by atoms with van der Waals surface area (Å²) in [5, 5.41) is 0. The number of hydroxylamine groups is 1. The van der Waals surface area contributed by atoms with Crippen LogP contribution >= 0.6 is 0 Å². The molecular weight excluding hydrogens is 242 g/mol. The van der Waals surface area contributed by atoms with E-state index in [4.69, 9.17) is 4.84 Å². The number of nitrogens with one attached hydrogen (secondary N) is 1. The summed E-state index contributed by atoms with van der Waals surface area (Å²) in [4.78, 5) is 20.8. The zero-order valence-corrected chi connectivity index (χ0v) is 11.7. The molecule has 0 atom stereocenters. The zero-order valence-electron chi connectivity index (χ0n) is 11.7. The summed E-state index contributed by atoms with van der Waals surface area (Å²) in [5.74, 6) is 0. The Balaban J connectivity index is 2.05. The minimum atomic E-state index is 0.0952. The topological polar surface area (TPSA) is 44.8 Å². The van der Waals surface area contributed by atoms with Crippen LogP contribution < -0.4 is 10.4 Å². The van der Waals surface area contributed by atoms with Crippen LogP contribution in [0, 0.1) is 0 Å². The highest BCUT2D eigenvalue weighted by Crippen LogP contribution is 2.22. The quantitative estimate of drug-likeness (QED) is 0.826. The highest BCUT2D eigenvalue weighted by Gasteiger charge is 2.30. The van der Waals surface area contributed by atoms with E-state index in [0.717, 1.165) is 24.3 Å². The van der Waals surface area contributed by atoms with Crippen molar-refractivity contribution in [1.29, 1.82) is 0 Å². The van der Waals surface area contributed by atoms with Crippen molar-refractivity contribution in [1.82, 2.24) is 10.4 Å². The lowest BCUT2D eigenvalue weighted by Gasteiger charge is -2.21. The third kappa shape index (κ3) is 3.05. The number of benzene rings is 1. The van der Waals surface area contributed by atoms with E-state index in [2.05, 4.69) is 5.48 Å². The number of anilines is 1. The van der Waals surface area contributed by atoms with Gasteiger partial charge in [0, 0.05) is 31.4 Å². The lowest BCUT2D eigenvalue weighted by Crippen LogP contribution is -2.36. The molecule has 0 radical (unpaired) electrons. The average Bonchev–Trinajstić information content (AvgIpc) is 2.79. The SMILES string of the molecule is CONCc1ccc(N2CCN(C(C)C)C2=O)cc1. The molecule has 0 aliphatic carbocycles. The Morgan fingerprint density at radius 2 is 1.95 bits per heavy atom. The molecule has 0 saturated carbocycles. The van der Waals surface area contributed by atoms with E-state index in [9.17, 15) is 4.79 Å². The second kappa shape index (κ2) is 6.04. The van der Waals surface area contributed by atoms with Gasteiger partial charge in [-0.2, -0.15) is 5.48 Å². The number of amides is 2. The molecule has 1 aromatic rings. The van der Waals surface area contributed by atoms with Crippen molar-refractivity contribution < 1.29 is 9.63 Å². The van der Waals surface area contributed by atoms with Gasteiger partial charge in [0.1, 0.15) is 0 Å². The van der Waals surface area contributed by atoms with Gasteiger partial charge in [-0.25, -0.2) is 4.79 Å². The van der Waals surface area contributed by atoms with Crippen LogP contribution in [0.15, 0.2) is 24.3 Å². The molecule has 1 aliphatic heterocycles. The van der Waals surface area contributed by atoms with Crippen LogP contribution in [0.4, 0.5) is 10.5 Å². The molecule has 1 heterocycles. The van der Waals surface area contributed by atoms with Gasteiger partial charge in [0.15, 0.2) is 0 Å². The number of urea groups is 1. The normalized spacial score (nSPS) is 15.7. The number of carbonyl (C=O) groups excluding carboxylic acids is 1. The predicted molar refractivity (Wildman–Crippen MR) is 74.9 cm³/mol. The second-order valence-electron chi connectivity index (χ2n) is 4.91. The van der Waals surface area contributed by atoms with E-state index >= 15 is 0 Å². The first-order valence-corrected chi connectivity index (χ1v) is 6.56. The van der Waals surface area contributed by atoms with Crippen LogP contribution in [-0.4, -0.2) is 37.2 Å². The molecule has 5 nitrogen and oxygen atoms in total. The van der Waals surface area contributed by atoms with Crippen LogP contribution in [0.5, 0.6) is 0 Å². The monoisotopic (exact) mass is 263 g/mol. The molecule has 0 spiro atoms. The first-order valence-electron chi connectivity index (χ1n) is 6.56. The van der Waals surface area contributed by atoms with Gasteiger partial charge in [0.05, 0.1) is 7.11 Å². The van der Waals surface area contributed by atoms with Crippen molar-refractivity contribution in [2.75, 3.05) is 25.1 Å². The molecule has 0 bridgehead atoms. The number of rotatable bonds is 5. The first kappa shape index (κ1) is 13.8. The molecule has 5 heteroatoms. The minimum Gasteiger partial charge on any atom is -0.320 e. The molecule has 104 valence electrons. The minimum absolute atomic E-state index is 0.0952. The molecule has 1 saturated heterocycles. The maximum absolute atomic E-state index is 12.2. The number of carbonyl (C=O) groups is 1. The fraction of sp³-hybridized carbons (Fsp3) is 0.500. The van der Waals surface area contributed by atoms with Gasteiger partial charge in [0.2, 0.25) is 0 Å². The van der Waals surface area contributed by atoms with Crippen LogP contribution in [-0.2, 0) is 11.4 Å². The standard InChI is InChI=1S/C14H21N3O2/c1-11(2)16-8-9-17(14(16)18)13-6-4-12(5-7-13)10-15-19-3/h4-7,11,15H,8-10H2,1-3H3. The Morgan fingerprint density at radius 1 is 1.26 bits per heavy atom. The molecule has 0 aromatic heterocycles. The van der Waals surface area contributed by atoms with E-state index in [-0.39, 0.29) is 12.1 Å². The highest BCUT2D eigenvalue weighted by atomic mass is 16.6. The molecule has 2 amide bonds. The van der Waals surface area contributed by atoms with Crippen LogP contribution in [0.1, 0.15) is 19.4 Å². The average molecular weight is 263 g/mol. The van der Waals surface area contributed by atoms with Crippen molar-refractivity contribution in [2.45, 2.75) is 26.4 Å². The summed E-state index contributed by atoms with van der Waals surface area (Å²) in [6.45, 7) is 6.29. The fourth-order valence-corrected chi connectivity index (χ4v) is 2.22. The summed E-state index contributed by atoms with van der Waals surface area (Å²) in [7, 11) is 1.60. The van der Waals surface area contributed by atoms with Gasteiger partial charge < -0.3 is 9.74 Å². The lowest BCUT2D eigenvalue weighted by atomic mass is 10.2. The van der Waals surface area contributed by atoms with Gasteiger partial charge in [-0.05, 0) is 31.5 Å². The number of nitrogens with zero attached hydrogens (tertiary/aromatic N) is 2. The zero-order chi connectivity index (χ0) is 13.8. The van der Waals surface area contributed by atoms with Gasteiger partial charge >= 0.3 is 6.03 Å². The van der Waals surface area contributed by atoms with Crippen molar-refractivity contribution >= 4 is 11.7 Å². The Labute approximate surface area is 114 Å². The van der Waals surface area contributed by atoms with Gasteiger partial charge in [-0.1, -0.05) is 12.1 Å². The summed E-state index contributed by atoms with van der Waals surface area (Å²) in [6.07, 6.45) is 0. The van der Waals surface area contributed by atoms with E-state index in [0.29, 0.717) is 6.54 Å². The molecule has 1 aliphatic rings. The maximum Gasteiger partial charge on any atom is 0.324 e. The lowest BCUT2D eigenvalue weighted by molar-refractivity contribution is 0.0867. The van der Waals surface area contributed by atoms with Crippen LogP contribution in [0.2, 0.25) is 0 Å². The van der Waals surface area contributed by atoms with Crippen molar-refractivity contribution in [3.63, 3.8) is 0 Å². The van der Waals surface area contributed by atoms with E-state index < -0.39 is 0 Å². The van der Waals surface area contributed by atoms with Crippen LogP contribution in [0.25, 0.3) is 0 Å². The van der Waals surface area contributed by atoms with E-state index in [1.807, 2.05) is 47.9 Å². The van der Waals surface area contributed by atoms with Crippen molar-refractivity contribution in [3.05, 3.63) is 29.8 Å².